The lowest BCUT2D eigenvalue weighted by atomic mass is 9.99. The van der Waals surface area contributed by atoms with Gasteiger partial charge in [0.25, 0.3) is 0 Å². The molecular weight excluding hydrogens is 339 g/mol. The zero-order chi connectivity index (χ0) is 18.7. The second-order valence-electron chi connectivity index (χ2n) is 5.39. The summed E-state index contributed by atoms with van der Waals surface area (Å²) in [5, 5.41) is 19.1. The van der Waals surface area contributed by atoms with Gasteiger partial charge in [-0.15, -0.1) is 0 Å². The highest BCUT2D eigenvalue weighted by Crippen LogP contribution is 2.30. The number of nitrogens with two attached hydrogens (primary N) is 1. The van der Waals surface area contributed by atoms with E-state index in [0.29, 0.717) is 12.1 Å². The summed E-state index contributed by atoms with van der Waals surface area (Å²) in [7, 11) is 0. The van der Waals surface area contributed by atoms with Gasteiger partial charge in [0.15, 0.2) is 11.6 Å². The van der Waals surface area contributed by atoms with Gasteiger partial charge in [-0.25, -0.2) is 18.0 Å². The maximum atomic E-state index is 14.0. The van der Waals surface area contributed by atoms with E-state index in [1.165, 1.54) is 0 Å². The normalized spacial score (nSPS) is 13.3. The fourth-order valence-electron chi connectivity index (χ4n) is 2.22. The number of phenols is 2. The van der Waals surface area contributed by atoms with E-state index in [2.05, 4.69) is 0 Å². The topological polar surface area (TPSA) is 92.8 Å². The minimum atomic E-state index is -1.42. The number of ether oxygens (including phenoxy) is 1. The van der Waals surface area contributed by atoms with E-state index in [9.17, 15) is 28.2 Å². The Balaban J connectivity index is 2.41. The van der Waals surface area contributed by atoms with Crippen molar-refractivity contribution in [2.24, 2.45) is 5.73 Å². The zero-order valence-electron chi connectivity index (χ0n) is 13.2. The molecule has 2 aromatic carbocycles. The van der Waals surface area contributed by atoms with Gasteiger partial charge in [0.1, 0.15) is 29.0 Å². The monoisotopic (exact) mass is 355 g/mol. The maximum absolute atomic E-state index is 14.0. The lowest BCUT2D eigenvalue weighted by Gasteiger charge is -2.24. The molecule has 0 aliphatic heterocycles. The van der Waals surface area contributed by atoms with Crippen molar-refractivity contribution in [3.05, 3.63) is 58.9 Å². The second kappa shape index (κ2) is 7.43. The van der Waals surface area contributed by atoms with Crippen molar-refractivity contribution < 1.29 is 32.9 Å². The molecule has 5 nitrogen and oxygen atoms in total. The van der Waals surface area contributed by atoms with Crippen LogP contribution in [0.4, 0.5) is 13.2 Å². The zero-order valence-corrected chi connectivity index (χ0v) is 13.2. The Labute approximate surface area is 141 Å². The molecule has 2 atom stereocenters. The molecule has 0 saturated heterocycles. The Morgan fingerprint density at radius 2 is 1.76 bits per heavy atom. The molecule has 4 N–H and O–H groups in total. The van der Waals surface area contributed by atoms with Gasteiger partial charge in [-0.3, -0.25) is 0 Å². The van der Waals surface area contributed by atoms with E-state index in [1.807, 2.05) is 0 Å². The van der Waals surface area contributed by atoms with Crippen molar-refractivity contribution in [2.45, 2.75) is 25.5 Å². The fourth-order valence-corrected chi connectivity index (χ4v) is 2.22. The van der Waals surface area contributed by atoms with Gasteiger partial charge in [0.05, 0.1) is 0 Å². The van der Waals surface area contributed by atoms with Crippen LogP contribution in [0.25, 0.3) is 0 Å². The minimum Gasteiger partial charge on any atom is -0.508 e. The molecule has 8 heteroatoms. The van der Waals surface area contributed by atoms with Crippen molar-refractivity contribution in [1.82, 2.24) is 0 Å². The first kappa shape index (κ1) is 18.6. The Morgan fingerprint density at radius 3 is 2.40 bits per heavy atom. The van der Waals surface area contributed by atoms with Crippen LogP contribution >= 0.6 is 0 Å². The van der Waals surface area contributed by atoms with Gasteiger partial charge in [-0.2, -0.15) is 0 Å². The Morgan fingerprint density at radius 1 is 1.12 bits per heavy atom. The summed E-state index contributed by atoms with van der Waals surface area (Å²) in [4.78, 5) is 12.2. The lowest BCUT2D eigenvalue weighted by molar-refractivity contribution is 0.0215. The van der Waals surface area contributed by atoms with Crippen molar-refractivity contribution in [3.63, 3.8) is 0 Å². The SMILES string of the molecule is CCC(N)C(OC(=O)c1cc(O)ccc1O)c1cc(F)c(F)cc1F. The van der Waals surface area contributed by atoms with Gasteiger partial charge < -0.3 is 20.7 Å². The van der Waals surface area contributed by atoms with Crippen LogP contribution in [0.2, 0.25) is 0 Å². The van der Waals surface area contributed by atoms with Crippen molar-refractivity contribution in [2.75, 3.05) is 0 Å². The van der Waals surface area contributed by atoms with Crippen LogP contribution < -0.4 is 5.73 Å². The molecule has 0 bridgehead atoms. The predicted molar refractivity (Wildman–Crippen MR) is 82.5 cm³/mol. The Hall–Kier alpha value is -2.74. The largest absolute Gasteiger partial charge is 0.508 e. The highest BCUT2D eigenvalue weighted by atomic mass is 19.2. The van der Waals surface area contributed by atoms with Crippen LogP contribution in [0.5, 0.6) is 11.5 Å². The summed E-state index contributed by atoms with van der Waals surface area (Å²) in [6.07, 6.45) is -1.18. The Bertz CT molecular complexity index is 798. The first-order chi connectivity index (χ1) is 11.7. The molecule has 134 valence electrons. The lowest BCUT2D eigenvalue weighted by Crippen LogP contribution is -2.32. The number of benzene rings is 2. The average Bonchev–Trinajstić information content (AvgIpc) is 2.57. The standard InChI is InChI=1S/C17H16F3NO4/c1-2-14(21)16(9-6-12(19)13(20)7-11(9)18)25-17(24)10-5-8(22)3-4-15(10)23/h3-7,14,16,22-23H,2,21H2,1H3. The van der Waals surface area contributed by atoms with Gasteiger partial charge >= 0.3 is 5.97 Å². The summed E-state index contributed by atoms with van der Waals surface area (Å²) < 4.78 is 45.7. The summed E-state index contributed by atoms with van der Waals surface area (Å²) in [5.41, 5.74) is 5.02. The highest BCUT2D eigenvalue weighted by Gasteiger charge is 2.29. The highest BCUT2D eigenvalue weighted by molar-refractivity contribution is 5.93. The predicted octanol–water partition coefficient (Wildman–Crippen LogP) is 3.15. The maximum Gasteiger partial charge on any atom is 0.342 e. The molecule has 2 rings (SSSR count). The van der Waals surface area contributed by atoms with Crippen LogP contribution in [0.15, 0.2) is 30.3 Å². The first-order valence-electron chi connectivity index (χ1n) is 7.37. The number of hydrogen-bond acceptors (Lipinski definition) is 5. The molecule has 0 spiro atoms. The van der Waals surface area contributed by atoms with E-state index < -0.39 is 46.9 Å². The van der Waals surface area contributed by atoms with Crippen molar-refractivity contribution in [1.29, 1.82) is 0 Å². The third-order valence-electron chi connectivity index (χ3n) is 3.64. The quantitative estimate of drug-likeness (QED) is 0.435. The summed E-state index contributed by atoms with van der Waals surface area (Å²) in [6, 6.07) is 3.16. The number of aromatic hydroxyl groups is 2. The second-order valence-corrected chi connectivity index (χ2v) is 5.39. The number of esters is 1. The molecule has 0 aliphatic carbocycles. The average molecular weight is 355 g/mol. The molecule has 25 heavy (non-hydrogen) atoms. The van der Waals surface area contributed by atoms with E-state index in [0.717, 1.165) is 18.2 Å². The van der Waals surface area contributed by atoms with E-state index in [-0.39, 0.29) is 17.7 Å². The number of rotatable bonds is 5. The van der Waals surface area contributed by atoms with Crippen molar-refractivity contribution >= 4 is 5.97 Å². The summed E-state index contributed by atoms with van der Waals surface area (Å²) in [5.74, 6) is -5.72. The fraction of sp³-hybridized carbons (Fsp3) is 0.235. The number of hydrogen-bond donors (Lipinski definition) is 3. The van der Waals surface area contributed by atoms with Gasteiger partial charge in [0, 0.05) is 17.7 Å². The third kappa shape index (κ3) is 4.03. The van der Waals surface area contributed by atoms with Gasteiger partial charge in [0.2, 0.25) is 0 Å². The summed E-state index contributed by atoms with van der Waals surface area (Å²) in [6.45, 7) is 1.63. The first-order valence-corrected chi connectivity index (χ1v) is 7.37. The molecular formula is C17H16F3NO4. The van der Waals surface area contributed by atoms with Crippen LogP contribution in [0.1, 0.15) is 35.4 Å². The molecule has 0 aromatic heterocycles. The minimum absolute atomic E-state index is 0.238. The molecule has 0 amide bonds. The van der Waals surface area contributed by atoms with Crippen LogP contribution in [0, 0.1) is 17.5 Å². The van der Waals surface area contributed by atoms with Crippen LogP contribution in [0.3, 0.4) is 0 Å². The third-order valence-corrected chi connectivity index (χ3v) is 3.64. The Kier molecular flexibility index (Phi) is 5.53. The number of carbonyl (C=O) groups excluding carboxylic acids is 1. The number of carbonyl (C=O) groups is 1. The van der Waals surface area contributed by atoms with Crippen LogP contribution in [-0.4, -0.2) is 22.2 Å². The van der Waals surface area contributed by atoms with Gasteiger partial charge in [-0.1, -0.05) is 6.92 Å². The molecule has 2 aromatic rings. The molecule has 0 fully saturated rings. The molecule has 0 aliphatic rings. The number of halogens is 3. The molecule has 0 heterocycles. The van der Waals surface area contributed by atoms with Crippen LogP contribution in [-0.2, 0) is 4.74 Å². The molecule has 0 saturated carbocycles. The van der Waals surface area contributed by atoms with Gasteiger partial charge in [-0.05, 0) is 30.7 Å². The van der Waals surface area contributed by atoms with E-state index >= 15 is 0 Å². The number of phenolic OH excluding ortho intramolecular Hbond substituents is 2. The van der Waals surface area contributed by atoms with E-state index in [4.69, 9.17) is 10.5 Å². The molecule has 0 radical (unpaired) electrons. The molecule has 2 unspecified atom stereocenters. The van der Waals surface area contributed by atoms with E-state index in [1.54, 1.807) is 6.92 Å². The van der Waals surface area contributed by atoms with Crippen molar-refractivity contribution in [3.8, 4) is 11.5 Å². The smallest absolute Gasteiger partial charge is 0.342 e. The summed E-state index contributed by atoms with van der Waals surface area (Å²) >= 11 is 0.